The monoisotopic (exact) mass is 395 g/mol. The van der Waals surface area contributed by atoms with Crippen molar-refractivity contribution >= 4 is 29.6 Å². The summed E-state index contributed by atoms with van der Waals surface area (Å²) in [7, 11) is 0. The van der Waals surface area contributed by atoms with Crippen molar-refractivity contribution in [1.29, 1.82) is 0 Å². The second-order valence-electron chi connectivity index (χ2n) is 5.90. The summed E-state index contributed by atoms with van der Waals surface area (Å²) < 4.78 is 14.3. The number of carboxylic acid groups (broad SMARTS) is 1. The Morgan fingerprint density at radius 1 is 0.964 bits per heavy atom. The van der Waals surface area contributed by atoms with Gasteiger partial charge in [0, 0.05) is 21.7 Å². The third-order valence-electron chi connectivity index (χ3n) is 4.00. The Morgan fingerprint density at radius 3 is 2.32 bits per heavy atom. The number of hydrogen-bond acceptors (Lipinski definition) is 2. The number of amides is 1. The number of hydrogen-bond donors (Lipinski definition) is 2. The minimum absolute atomic E-state index is 0.0168. The van der Waals surface area contributed by atoms with Crippen LogP contribution in [0.3, 0.4) is 0 Å². The zero-order valence-electron chi connectivity index (χ0n) is 14.5. The van der Waals surface area contributed by atoms with Crippen LogP contribution in [0.1, 0.15) is 15.9 Å². The quantitative estimate of drug-likeness (QED) is 0.597. The molecule has 0 saturated heterocycles. The highest BCUT2D eigenvalue weighted by molar-refractivity contribution is 6.33. The van der Waals surface area contributed by atoms with E-state index in [4.69, 9.17) is 11.6 Å². The molecule has 0 bridgehead atoms. The van der Waals surface area contributed by atoms with Crippen molar-refractivity contribution < 1.29 is 19.1 Å². The van der Waals surface area contributed by atoms with Gasteiger partial charge in [-0.25, -0.2) is 9.18 Å². The molecule has 0 aromatic heterocycles. The van der Waals surface area contributed by atoms with Gasteiger partial charge in [-0.15, -0.1) is 0 Å². The first-order valence-corrected chi connectivity index (χ1v) is 8.69. The van der Waals surface area contributed by atoms with Crippen molar-refractivity contribution in [2.45, 2.75) is 0 Å². The van der Waals surface area contributed by atoms with Crippen LogP contribution in [-0.4, -0.2) is 17.0 Å². The summed E-state index contributed by atoms with van der Waals surface area (Å²) in [6, 6.07) is 19.5. The number of carbonyl (C=O) groups is 2. The van der Waals surface area contributed by atoms with Crippen LogP contribution in [-0.2, 0) is 4.79 Å². The summed E-state index contributed by atoms with van der Waals surface area (Å²) in [6.07, 6.45) is 1.08. The fourth-order valence-electron chi connectivity index (χ4n) is 2.61. The maximum absolute atomic E-state index is 14.3. The summed E-state index contributed by atoms with van der Waals surface area (Å²) in [5.41, 5.74) is 1.17. The summed E-state index contributed by atoms with van der Waals surface area (Å²) in [6.45, 7) is 0. The van der Waals surface area contributed by atoms with E-state index >= 15 is 0 Å². The molecule has 3 rings (SSSR count). The Bertz CT molecular complexity index is 1060. The lowest BCUT2D eigenvalue weighted by Gasteiger charge is -2.09. The van der Waals surface area contributed by atoms with Crippen LogP contribution in [0.2, 0.25) is 5.02 Å². The Morgan fingerprint density at radius 2 is 1.64 bits per heavy atom. The van der Waals surface area contributed by atoms with Gasteiger partial charge in [0.15, 0.2) is 0 Å². The van der Waals surface area contributed by atoms with Gasteiger partial charge in [0.25, 0.3) is 5.91 Å². The first kappa shape index (κ1) is 19.3. The van der Waals surface area contributed by atoms with Gasteiger partial charge in [-0.1, -0.05) is 54.1 Å². The Labute approximate surface area is 165 Å². The van der Waals surface area contributed by atoms with Crippen LogP contribution in [0.4, 0.5) is 4.39 Å². The van der Waals surface area contributed by atoms with Gasteiger partial charge in [-0.3, -0.25) is 4.79 Å². The van der Waals surface area contributed by atoms with Crippen LogP contribution in [0.15, 0.2) is 78.5 Å². The third-order valence-corrected chi connectivity index (χ3v) is 4.32. The van der Waals surface area contributed by atoms with Crippen molar-refractivity contribution in [2.75, 3.05) is 0 Å². The molecule has 3 aromatic carbocycles. The predicted octanol–water partition coefficient (Wildman–Crippen LogP) is 5.00. The van der Waals surface area contributed by atoms with Crippen molar-refractivity contribution in [3.05, 3.63) is 100 Å². The second kappa shape index (κ2) is 8.50. The van der Waals surface area contributed by atoms with Crippen LogP contribution in [0.25, 0.3) is 17.2 Å². The van der Waals surface area contributed by atoms with E-state index in [0.29, 0.717) is 21.7 Å². The van der Waals surface area contributed by atoms with Crippen LogP contribution in [0, 0.1) is 5.82 Å². The largest absolute Gasteiger partial charge is 0.477 e. The molecule has 0 atom stereocenters. The molecule has 0 heterocycles. The summed E-state index contributed by atoms with van der Waals surface area (Å²) in [4.78, 5) is 23.8. The summed E-state index contributed by atoms with van der Waals surface area (Å²) in [5.74, 6) is -2.60. The van der Waals surface area contributed by atoms with Gasteiger partial charge in [0.1, 0.15) is 11.5 Å². The number of carboxylic acids is 1. The minimum Gasteiger partial charge on any atom is -0.477 e. The summed E-state index contributed by atoms with van der Waals surface area (Å²) in [5, 5.41) is 12.2. The van der Waals surface area contributed by atoms with Gasteiger partial charge >= 0.3 is 5.97 Å². The van der Waals surface area contributed by atoms with Gasteiger partial charge < -0.3 is 10.4 Å². The van der Waals surface area contributed by atoms with E-state index in [1.807, 2.05) is 0 Å². The molecule has 0 aliphatic carbocycles. The molecular weight excluding hydrogens is 381 g/mol. The van der Waals surface area contributed by atoms with E-state index in [2.05, 4.69) is 5.32 Å². The molecule has 1 amide bonds. The molecule has 0 spiro atoms. The molecule has 140 valence electrons. The SMILES string of the molecule is O=C(O)/C(=C\c1cc(-c2ccccc2Cl)ccc1F)NC(=O)c1ccccc1. The van der Waals surface area contributed by atoms with Crippen LogP contribution in [0.5, 0.6) is 0 Å². The highest BCUT2D eigenvalue weighted by Crippen LogP contribution is 2.29. The van der Waals surface area contributed by atoms with E-state index in [9.17, 15) is 19.1 Å². The Hall–Kier alpha value is -3.44. The molecule has 6 heteroatoms. The van der Waals surface area contributed by atoms with Gasteiger partial charge in [-0.05, 0) is 42.0 Å². The highest BCUT2D eigenvalue weighted by Gasteiger charge is 2.15. The predicted molar refractivity (Wildman–Crippen MR) is 106 cm³/mol. The average molecular weight is 396 g/mol. The molecule has 2 N–H and O–H groups in total. The number of benzene rings is 3. The smallest absolute Gasteiger partial charge is 0.352 e. The number of aliphatic carboxylic acids is 1. The fourth-order valence-corrected chi connectivity index (χ4v) is 2.85. The number of nitrogens with one attached hydrogen (secondary N) is 1. The van der Waals surface area contributed by atoms with Crippen molar-refractivity contribution in [2.24, 2.45) is 0 Å². The maximum atomic E-state index is 14.3. The molecule has 0 aliphatic heterocycles. The average Bonchev–Trinajstić information content (AvgIpc) is 2.70. The zero-order valence-corrected chi connectivity index (χ0v) is 15.3. The lowest BCUT2D eigenvalue weighted by Crippen LogP contribution is -2.27. The molecule has 28 heavy (non-hydrogen) atoms. The minimum atomic E-state index is -1.38. The molecule has 3 aromatic rings. The number of carbonyl (C=O) groups excluding carboxylic acids is 1. The molecule has 0 radical (unpaired) electrons. The Kier molecular flexibility index (Phi) is 5.87. The molecule has 0 unspecified atom stereocenters. The van der Waals surface area contributed by atoms with E-state index in [0.717, 1.165) is 6.08 Å². The normalized spacial score (nSPS) is 11.1. The third kappa shape index (κ3) is 4.45. The van der Waals surface area contributed by atoms with Gasteiger partial charge in [-0.2, -0.15) is 0 Å². The van der Waals surface area contributed by atoms with E-state index in [-0.39, 0.29) is 5.56 Å². The second-order valence-corrected chi connectivity index (χ2v) is 6.31. The van der Waals surface area contributed by atoms with E-state index in [1.165, 1.54) is 12.1 Å². The zero-order chi connectivity index (χ0) is 20.1. The van der Waals surface area contributed by atoms with Crippen molar-refractivity contribution in [1.82, 2.24) is 5.32 Å². The molecule has 4 nitrogen and oxygen atoms in total. The lowest BCUT2D eigenvalue weighted by molar-refractivity contribution is -0.132. The van der Waals surface area contributed by atoms with Gasteiger partial charge in [0.2, 0.25) is 0 Å². The van der Waals surface area contributed by atoms with Crippen LogP contribution < -0.4 is 5.32 Å². The molecule has 0 fully saturated rings. The number of halogens is 2. The first-order valence-electron chi connectivity index (χ1n) is 8.31. The van der Waals surface area contributed by atoms with E-state index < -0.39 is 23.4 Å². The first-order chi connectivity index (χ1) is 13.5. The lowest BCUT2D eigenvalue weighted by atomic mass is 10.0. The summed E-state index contributed by atoms with van der Waals surface area (Å²) >= 11 is 6.18. The molecular formula is C22H15ClFNO3. The standard InChI is InChI=1S/C22H15ClFNO3/c23-18-9-5-4-8-17(18)15-10-11-19(24)16(12-15)13-20(22(27)28)25-21(26)14-6-2-1-3-7-14/h1-13H,(H,25,26)(H,27,28)/b20-13+. The van der Waals surface area contributed by atoms with Crippen molar-refractivity contribution in [3.63, 3.8) is 0 Å². The molecule has 0 saturated carbocycles. The molecule has 0 aliphatic rings. The topological polar surface area (TPSA) is 66.4 Å². The highest BCUT2D eigenvalue weighted by atomic mass is 35.5. The number of rotatable bonds is 5. The van der Waals surface area contributed by atoms with E-state index in [1.54, 1.807) is 60.7 Å². The van der Waals surface area contributed by atoms with Crippen LogP contribution >= 0.6 is 11.6 Å². The maximum Gasteiger partial charge on any atom is 0.352 e. The van der Waals surface area contributed by atoms with Gasteiger partial charge in [0.05, 0.1) is 0 Å². The van der Waals surface area contributed by atoms with Crippen molar-refractivity contribution in [3.8, 4) is 11.1 Å². The Balaban J connectivity index is 1.97. The fraction of sp³-hybridized carbons (Fsp3) is 0.